The van der Waals surface area contributed by atoms with E-state index in [2.05, 4.69) is 0 Å². The Hall–Kier alpha value is -3.32. The van der Waals surface area contributed by atoms with E-state index in [9.17, 15) is 14.7 Å². The summed E-state index contributed by atoms with van der Waals surface area (Å²) in [7, 11) is 5.42. The molecule has 1 fully saturated rings. The van der Waals surface area contributed by atoms with Gasteiger partial charge >= 0.3 is 0 Å². The molecule has 7 heteroatoms. The molecule has 1 heterocycles. The highest BCUT2D eigenvalue weighted by Crippen LogP contribution is 2.41. The molecule has 1 saturated heterocycles. The van der Waals surface area contributed by atoms with Crippen LogP contribution < -0.4 is 9.47 Å². The van der Waals surface area contributed by atoms with Crippen molar-refractivity contribution in [2.75, 3.05) is 34.3 Å². The zero-order valence-electron chi connectivity index (χ0n) is 21.7. The lowest BCUT2D eigenvalue weighted by Crippen LogP contribution is -2.35. The van der Waals surface area contributed by atoms with Gasteiger partial charge in [-0.2, -0.15) is 0 Å². The molecule has 1 aliphatic heterocycles. The van der Waals surface area contributed by atoms with Crippen LogP contribution in [0.15, 0.2) is 48.0 Å². The van der Waals surface area contributed by atoms with Crippen LogP contribution in [0, 0.1) is 0 Å². The molecule has 7 nitrogen and oxygen atoms in total. The van der Waals surface area contributed by atoms with Gasteiger partial charge in [0, 0.05) is 18.7 Å². The Labute approximate surface area is 207 Å². The minimum atomic E-state index is -0.727. The number of ether oxygens (including phenoxy) is 2. The first-order valence-corrected chi connectivity index (χ1v) is 11.9. The van der Waals surface area contributed by atoms with E-state index >= 15 is 0 Å². The lowest BCUT2D eigenvalue weighted by Gasteiger charge is -2.27. The van der Waals surface area contributed by atoms with Gasteiger partial charge in [-0.25, -0.2) is 0 Å². The number of nitrogens with zero attached hydrogens (tertiary/aromatic N) is 2. The Morgan fingerprint density at radius 1 is 1.09 bits per heavy atom. The summed E-state index contributed by atoms with van der Waals surface area (Å²) in [5.41, 5.74) is 2.16. The van der Waals surface area contributed by atoms with Crippen molar-refractivity contribution >= 4 is 17.4 Å². The number of benzene rings is 2. The van der Waals surface area contributed by atoms with E-state index in [-0.39, 0.29) is 23.4 Å². The highest BCUT2D eigenvalue weighted by atomic mass is 16.5. The quantitative estimate of drug-likeness (QED) is 0.321. The molecule has 3 rings (SSSR count). The maximum Gasteiger partial charge on any atom is 0.295 e. The minimum absolute atomic E-state index is 0.0286. The normalized spacial score (nSPS) is 17.7. The second kappa shape index (κ2) is 11.0. The molecule has 0 bridgehead atoms. The number of methoxy groups -OCH3 is 1. The number of hydrogen-bond acceptors (Lipinski definition) is 6. The van der Waals surface area contributed by atoms with Crippen LogP contribution >= 0.6 is 0 Å². The second-order valence-electron chi connectivity index (χ2n) is 9.65. The van der Waals surface area contributed by atoms with Gasteiger partial charge < -0.3 is 24.4 Å². The molecule has 2 aromatic rings. The SMILES string of the molecule is COc1ccc(/C(O)=C2\C(=O)C(=O)N(CCN(C)C)C2c2cccc(OC(C)C)c2)cc1C(C)C. The topological polar surface area (TPSA) is 79.3 Å². The van der Waals surface area contributed by atoms with Crippen LogP contribution in [0.2, 0.25) is 0 Å². The molecule has 0 aliphatic carbocycles. The van der Waals surface area contributed by atoms with E-state index in [1.54, 1.807) is 19.2 Å². The van der Waals surface area contributed by atoms with Gasteiger partial charge in [-0.05, 0) is 75.3 Å². The molecular formula is C28H36N2O5. The number of likely N-dealkylation sites (tertiary alicyclic amines) is 1. The molecule has 0 radical (unpaired) electrons. The fourth-order valence-corrected chi connectivity index (χ4v) is 4.28. The van der Waals surface area contributed by atoms with Crippen molar-refractivity contribution in [1.82, 2.24) is 9.80 Å². The van der Waals surface area contributed by atoms with Gasteiger partial charge in [-0.1, -0.05) is 26.0 Å². The number of aliphatic hydroxyl groups excluding tert-OH is 1. The number of rotatable bonds is 9. The third-order valence-electron chi connectivity index (χ3n) is 6.00. The standard InChI is InChI=1S/C28H36N2O5/c1-17(2)22-16-20(11-12-23(22)34-7)26(31)24-25(19-9-8-10-21(15-19)35-18(3)4)30(14-13-29(5)6)28(33)27(24)32/h8-12,15-18,25,31H,13-14H2,1-7H3/b26-24+. The molecule has 2 aromatic carbocycles. The van der Waals surface area contributed by atoms with Gasteiger partial charge in [0.25, 0.3) is 11.7 Å². The number of aliphatic hydroxyl groups is 1. The largest absolute Gasteiger partial charge is 0.507 e. The lowest BCUT2D eigenvalue weighted by atomic mass is 9.93. The molecule has 0 saturated carbocycles. The van der Waals surface area contributed by atoms with E-state index in [0.29, 0.717) is 35.7 Å². The number of amides is 1. The van der Waals surface area contributed by atoms with E-state index in [1.165, 1.54) is 4.90 Å². The molecule has 1 aliphatic rings. The van der Waals surface area contributed by atoms with Crippen LogP contribution in [0.1, 0.15) is 56.3 Å². The first-order chi connectivity index (χ1) is 16.5. The lowest BCUT2D eigenvalue weighted by molar-refractivity contribution is -0.140. The summed E-state index contributed by atoms with van der Waals surface area (Å²) in [5, 5.41) is 11.4. The fraction of sp³-hybridized carbons (Fsp3) is 0.429. The van der Waals surface area contributed by atoms with Gasteiger partial charge in [0.2, 0.25) is 0 Å². The first kappa shape index (κ1) is 26.3. The summed E-state index contributed by atoms with van der Waals surface area (Å²) < 4.78 is 11.3. The van der Waals surface area contributed by atoms with Crippen LogP contribution in [-0.4, -0.2) is 67.0 Å². The molecule has 0 aromatic heterocycles. The molecule has 1 amide bonds. The maximum atomic E-state index is 13.3. The van der Waals surface area contributed by atoms with Crippen LogP contribution in [0.4, 0.5) is 0 Å². The van der Waals surface area contributed by atoms with Crippen LogP contribution in [0.5, 0.6) is 11.5 Å². The van der Waals surface area contributed by atoms with E-state index in [0.717, 1.165) is 5.56 Å². The third-order valence-corrected chi connectivity index (χ3v) is 6.00. The van der Waals surface area contributed by atoms with Gasteiger partial charge in [0.1, 0.15) is 17.3 Å². The number of carbonyl (C=O) groups excluding carboxylic acids is 2. The summed E-state index contributed by atoms with van der Waals surface area (Å²) in [6, 6.07) is 11.9. The van der Waals surface area contributed by atoms with E-state index in [1.807, 2.05) is 77.0 Å². The van der Waals surface area contributed by atoms with E-state index < -0.39 is 17.7 Å². The minimum Gasteiger partial charge on any atom is -0.507 e. The number of hydrogen-bond donors (Lipinski definition) is 1. The van der Waals surface area contributed by atoms with Crippen molar-refractivity contribution < 1.29 is 24.2 Å². The van der Waals surface area contributed by atoms with Crippen molar-refractivity contribution in [1.29, 1.82) is 0 Å². The monoisotopic (exact) mass is 480 g/mol. The van der Waals surface area contributed by atoms with Crippen molar-refractivity contribution in [3.05, 3.63) is 64.7 Å². The summed E-state index contributed by atoms with van der Waals surface area (Å²) in [6.07, 6.45) is -0.0286. The van der Waals surface area contributed by atoms with Crippen LogP contribution in [-0.2, 0) is 9.59 Å². The summed E-state index contributed by atoms with van der Waals surface area (Å²) in [4.78, 5) is 29.9. The molecule has 1 atom stereocenters. The maximum absolute atomic E-state index is 13.3. The molecule has 188 valence electrons. The third kappa shape index (κ3) is 5.68. The van der Waals surface area contributed by atoms with Crippen molar-refractivity contribution in [3.63, 3.8) is 0 Å². The Morgan fingerprint density at radius 3 is 2.40 bits per heavy atom. The predicted octanol–water partition coefficient (Wildman–Crippen LogP) is 4.59. The van der Waals surface area contributed by atoms with Gasteiger partial charge in [0.15, 0.2) is 0 Å². The molecule has 0 spiro atoms. The molecule has 1 unspecified atom stereocenters. The smallest absolute Gasteiger partial charge is 0.295 e. The van der Waals surface area contributed by atoms with Gasteiger partial charge in [-0.15, -0.1) is 0 Å². The van der Waals surface area contributed by atoms with E-state index in [4.69, 9.17) is 9.47 Å². The predicted molar refractivity (Wildman–Crippen MR) is 137 cm³/mol. The number of Topliss-reactive ketones (excluding diaryl/α,β-unsaturated/α-hetero) is 1. The molecule has 35 heavy (non-hydrogen) atoms. The summed E-state index contributed by atoms with van der Waals surface area (Å²) in [5.74, 6) is -0.0175. The van der Waals surface area contributed by atoms with Crippen molar-refractivity contribution in [3.8, 4) is 11.5 Å². The van der Waals surface area contributed by atoms with Crippen LogP contribution in [0.3, 0.4) is 0 Å². The average Bonchev–Trinajstić information content (AvgIpc) is 3.06. The fourth-order valence-electron chi connectivity index (χ4n) is 4.28. The Kier molecular flexibility index (Phi) is 8.22. The second-order valence-corrected chi connectivity index (χ2v) is 9.65. The van der Waals surface area contributed by atoms with Crippen LogP contribution in [0.25, 0.3) is 5.76 Å². The highest BCUT2D eigenvalue weighted by Gasteiger charge is 2.46. The summed E-state index contributed by atoms with van der Waals surface area (Å²) >= 11 is 0. The highest BCUT2D eigenvalue weighted by molar-refractivity contribution is 6.46. The van der Waals surface area contributed by atoms with Crippen molar-refractivity contribution in [2.45, 2.75) is 45.8 Å². The Morgan fingerprint density at radius 2 is 1.80 bits per heavy atom. The van der Waals surface area contributed by atoms with Gasteiger partial charge in [-0.3, -0.25) is 9.59 Å². The Balaban J connectivity index is 2.18. The van der Waals surface area contributed by atoms with Gasteiger partial charge in [0.05, 0.1) is 24.8 Å². The number of ketones is 1. The Bertz CT molecular complexity index is 1120. The zero-order valence-corrected chi connectivity index (χ0v) is 21.7. The number of likely N-dealkylation sites (N-methyl/N-ethyl adjacent to an activating group) is 1. The molecular weight excluding hydrogens is 444 g/mol. The average molecular weight is 481 g/mol. The number of carbonyl (C=O) groups is 2. The summed E-state index contributed by atoms with van der Waals surface area (Å²) in [6.45, 7) is 8.85. The first-order valence-electron chi connectivity index (χ1n) is 11.9. The zero-order chi connectivity index (χ0) is 25.9. The van der Waals surface area contributed by atoms with Crippen molar-refractivity contribution in [2.24, 2.45) is 0 Å². The molecule has 1 N–H and O–H groups in total.